The van der Waals surface area contributed by atoms with Crippen LogP contribution < -0.4 is 0 Å². The molecule has 0 fully saturated rings. The van der Waals surface area contributed by atoms with E-state index in [0.29, 0.717) is 16.9 Å². The number of nitrogens with zero attached hydrogens (tertiary/aromatic N) is 3. The highest BCUT2D eigenvalue weighted by Gasteiger charge is 2.36. The summed E-state index contributed by atoms with van der Waals surface area (Å²) in [5.74, 6) is 3.94. The van der Waals surface area contributed by atoms with E-state index >= 15 is 0 Å². The molecule has 3 heterocycles. The van der Waals surface area contributed by atoms with Gasteiger partial charge >= 0.3 is 0 Å². The van der Waals surface area contributed by atoms with Crippen molar-refractivity contribution in [2.24, 2.45) is 0 Å². The molecule has 3 rings (SSSR count). The lowest BCUT2D eigenvalue weighted by Crippen LogP contribution is -2.37. The summed E-state index contributed by atoms with van der Waals surface area (Å²) in [7, 11) is -1.77. The van der Waals surface area contributed by atoms with Crippen LogP contribution in [0.15, 0.2) is 43.0 Å². The molecule has 0 aliphatic heterocycles. The van der Waals surface area contributed by atoms with Gasteiger partial charge < -0.3 is 0 Å². The molecular weight excluding hydrogens is 350 g/mol. The molecule has 0 spiro atoms. The number of carbonyl (C=O) groups is 1. The number of pyridine rings is 2. The van der Waals surface area contributed by atoms with Gasteiger partial charge in [0, 0.05) is 29.5 Å². The average molecular weight is 376 g/mol. The van der Waals surface area contributed by atoms with Crippen molar-refractivity contribution < 1.29 is 4.79 Å². The number of hydrogen-bond acceptors (Lipinski definition) is 3. The number of aldehydes is 1. The van der Waals surface area contributed by atoms with E-state index in [-0.39, 0.29) is 5.04 Å². The molecule has 0 aliphatic carbocycles. The smallest absolute Gasteiger partial charge is 0.151 e. The van der Waals surface area contributed by atoms with Gasteiger partial charge in [-0.2, -0.15) is 0 Å². The third-order valence-electron chi connectivity index (χ3n) is 5.88. The van der Waals surface area contributed by atoms with Crippen LogP contribution in [0.25, 0.3) is 16.7 Å². The summed E-state index contributed by atoms with van der Waals surface area (Å²) < 4.78 is 1.94. The Kier molecular flexibility index (Phi) is 5.03. The Balaban J connectivity index is 2.02. The van der Waals surface area contributed by atoms with Crippen molar-refractivity contribution in [1.82, 2.24) is 14.5 Å². The predicted molar refractivity (Wildman–Crippen MR) is 113 cm³/mol. The van der Waals surface area contributed by atoms with Gasteiger partial charge in [-0.1, -0.05) is 46.2 Å². The summed E-state index contributed by atoms with van der Waals surface area (Å²) in [4.78, 5) is 20.4. The fourth-order valence-corrected chi connectivity index (χ4v) is 4.47. The van der Waals surface area contributed by atoms with E-state index in [9.17, 15) is 4.79 Å². The van der Waals surface area contributed by atoms with Crippen LogP contribution in [0.3, 0.4) is 0 Å². The summed E-state index contributed by atoms with van der Waals surface area (Å²) in [6.07, 6.45) is 9.16. The second-order valence-corrected chi connectivity index (χ2v) is 12.8. The molecule has 138 valence electrons. The van der Waals surface area contributed by atoms with Crippen molar-refractivity contribution >= 4 is 25.3 Å². The van der Waals surface area contributed by atoms with Crippen molar-refractivity contribution in [3.63, 3.8) is 0 Å². The highest BCUT2D eigenvalue weighted by atomic mass is 28.3. The van der Waals surface area contributed by atoms with Crippen LogP contribution in [-0.2, 0) is 0 Å². The average Bonchev–Trinajstić information content (AvgIpc) is 3.10. The van der Waals surface area contributed by atoms with Gasteiger partial charge in [0.2, 0.25) is 0 Å². The Morgan fingerprint density at radius 1 is 1.26 bits per heavy atom. The number of rotatable bonds is 4. The molecule has 4 nitrogen and oxygen atoms in total. The largest absolute Gasteiger partial charge is 0.300 e. The van der Waals surface area contributed by atoms with E-state index in [1.54, 1.807) is 24.7 Å². The Morgan fingerprint density at radius 2 is 2.04 bits per heavy atom. The van der Waals surface area contributed by atoms with Gasteiger partial charge in [0.1, 0.15) is 13.9 Å². The van der Waals surface area contributed by atoms with Gasteiger partial charge in [-0.25, -0.2) is 4.98 Å². The van der Waals surface area contributed by atoms with E-state index in [1.807, 2.05) is 22.9 Å². The zero-order valence-corrected chi connectivity index (χ0v) is 17.6. The lowest BCUT2D eigenvalue weighted by molar-refractivity contribution is 0.112. The summed E-state index contributed by atoms with van der Waals surface area (Å²) in [5.41, 5.74) is 5.71. The van der Waals surface area contributed by atoms with Crippen molar-refractivity contribution in [3.05, 3.63) is 54.1 Å². The van der Waals surface area contributed by atoms with Crippen LogP contribution in [0.1, 0.15) is 43.1 Å². The van der Waals surface area contributed by atoms with Gasteiger partial charge in [-0.3, -0.25) is 14.3 Å². The van der Waals surface area contributed by atoms with Gasteiger partial charge in [0.25, 0.3) is 0 Å². The van der Waals surface area contributed by atoms with Crippen LogP contribution in [0.5, 0.6) is 0 Å². The minimum atomic E-state index is -1.77. The highest BCUT2D eigenvalue weighted by molar-refractivity contribution is 6.87. The predicted octanol–water partition coefficient (Wildman–Crippen LogP) is 5.02. The lowest BCUT2D eigenvalue weighted by Gasteiger charge is -2.34. The third-order valence-corrected chi connectivity index (χ3v) is 10.4. The molecular formula is C22H25N3OSi. The monoisotopic (exact) mass is 375 g/mol. The molecule has 0 aliphatic rings. The van der Waals surface area contributed by atoms with Crippen molar-refractivity contribution in [2.45, 2.75) is 45.3 Å². The Morgan fingerprint density at radius 3 is 2.74 bits per heavy atom. The quantitative estimate of drug-likeness (QED) is 0.365. The SMILES string of the molecule is CCC(C)(C)[Si](C)(C)C#Cc1cnc(-n2ccc3ccncc32)cc1C=O. The van der Waals surface area contributed by atoms with Crippen molar-refractivity contribution in [1.29, 1.82) is 0 Å². The second kappa shape index (κ2) is 7.13. The molecule has 27 heavy (non-hydrogen) atoms. The first-order valence-corrected chi connectivity index (χ1v) is 12.2. The second-order valence-electron chi connectivity index (χ2n) is 7.98. The molecule has 0 atom stereocenters. The van der Waals surface area contributed by atoms with E-state index in [0.717, 1.165) is 23.6 Å². The third kappa shape index (κ3) is 3.58. The lowest BCUT2D eigenvalue weighted by atomic mass is 10.1. The van der Waals surface area contributed by atoms with E-state index in [2.05, 4.69) is 55.3 Å². The number of hydrogen-bond donors (Lipinski definition) is 0. The zero-order chi connectivity index (χ0) is 19.7. The van der Waals surface area contributed by atoms with Gasteiger partial charge in [-0.05, 0) is 23.2 Å². The number of aromatic nitrogens is 3. The summed E-state index contributed by atoms with van der Waals surface area (Å²) >= 11 is 0. The highest BCUT2D eigenvalue weighted by Crippen LogP contribution is 2.39. The Hall–Kier alpha value is -2.71. The normalized spacial score (nSPS) is 11.9. The fraction of sp³-hybridized carbons (Fsp3) is 0.318. The molecule has 3 aromatic heterocycles. The maximum Gasteiger partial charge on any atom is 0.151 e. The summed E-state index contributed by atoms with van der Waals surface area (Å²) in [6, 6.07) is 5.76. The maximum atomic E-state index is 11.7. The Bertz CT molecular complexity index is 1050. The molecule has 0 aromatic carbocycles. The fourth-order valence-electron chi connectivity index (χ4n) is 2.80. The van der Waals surface area contributed by atoms with Crippen LogP contribution in [-0.4, -0.2) is 28.9 Å². The van der Waals surface area contributed by atoms with Crippen LogP contribution in [0.4, 0.5) is 0 Å². The van der Waals surface area contributed by atoms with Crippen LogP contribution in [0, 0.1) is 11.5 Å². The molecule has 0 unspecified atom stereocenters. The number of fused-ring (bicyclic) bond motifs is 1. The molecule has 5 heteroatoms. The van der Waals surface area contributed by atoms with E-state index in [1.165, 1.54) is 0 Å². The first-order chi connectivity index (χ1) is 12.8. The van der Waals surface area contributed by atoms with Gasteiger partial charge in [0.15, 0.2) is 6.29 Å². The van der Waals surface area contributed by atoms with Crippen molar-refractivity contribution in [2.75, 3.05) is 0 Å². The molecule has 0 saturated heterocycles. The van der Waals surface area contributed by atoms with Crippen LogP contribution in [0.2, 0.25) is 18.1 Å². The van der Waals surface area contributed by atoms with Crippen molar-refractivity contribution in [3.8, 4) is 17.3 Å². The molecule has 3 aromatic rings. The van der Waals surface area contributed by atoms with E-state index in [4.69, 9.17) is 0 Å². The molecule has 0 N–H and O–H groups in total. The Labute approximate surface area is 161 Å². The minimum absolute atomic E-state index is 0.214. The van der Waals surface area contributed by atoms with Gasteiger partial charge in [0.05, 0.1) is 17.3 Å². The first-order valence-electron chi connectivity index (χ1n) is 9.19. The molecule has 0 amide bonds. The number of carbonyl (C=O) groups excluding carboxylic acids is 1. The molecule has 0 saturated carbocycles. The minimum Gasteiger partial charge on any atom is -0.300 e. The first kappa shape index (κ1) is 19.1. The molecule has 0 bridgehead atoms. The zero-order valence-electron chi connectivity index (χ0n) is 16.6. The van der Waals surface area contributed by atoms with Crippen LogP contribution >= 0.6 is 0 Å². The summed E-state index contributed by atoms with van der Waals surface area (Å²) in [6.45, 7) is 11.3. The standard InChI is InChI=1S/C22H25N3OSi/c1-6-22(2,3)27(4,5)12-9-18-14-24-21(13-19(18)16-26)25-11-8-17-7-10-23-15-20(17)25/h7-8,10-11,13-16H,6H2,1-5H3. The van der Waals surface area contributed by atoms with E-state index < -0.39 is 8.07 Å². The van der Waals surface area contributed by atoms with Gasteiger partial charge in [-0.15, -0.1) is 5.54 Å². The molecule has 0 radical (unpaired) electrons. The topological polar surface area (TPSA) is 47.8 Å². The maximum absolute atomic E-state index is 11.7. The summed E-state index contributed by atoms with van der Waals surface area (Å²) in [5, 5.41) is 1.30.